The maximum Gasteiger partial charge on any atom is 0.274 e. The second-order valence-corrected chi connectivity index (χ2v) is 8.82. The van der Waals surface area contributed by atoms with Gasteiger partial charge in [-0.1, -0.05) is 0 Å². The minimum Gasteiger partial charge on any atom is -0.489 e. The molecule has 3 aromatic heterocycles. The number of pyridine rings is 1. The number of nitrogens with zero attached hydrogens (tertiary/aromatic N) is 6. The molecule has 9 heteroatoms. The lowest BCUT2D eigenvalue weighted by Gasteiger charge is -2.37. The van der Waals surface area contributed by atoms with E-state index in [1.165, 1.54) is 28.9 Å². The number of anilines is 3. The van der Waals surface area contributed by atoms with Crippen LogP contribution in [0.1, 0.15) is 23.7 Å². The van der Waals surface area contributed by atoms with E-state index in [4.69, 9.17) is 9.72 Å². The average Bonchev–Trinajstić information content (AvgIpc) is 2.83. The van der Waals surface area contributed by atoms with Gasteiger partial charge in [0.05, 0.1) is 23.6 Å². The molecule has 0 spiro atoms. The van der Waals surface area contributed by atoms with E-state index in [9.17, 15) is 9.18 Å². The number of fused-ring (bicyclic) bond motifs is 3. The van der Waals surface area contributed by atoms with E-state index in [1.807, 2.05) is 19.2 Å². The molecule has 0 fully saturated rings. The summed E-state index contributed by atoms with van der Waals surface area (Å²) in [5, 5.41) is 4.62. The standard InChI is InChI=1S/C25H23FN6O2/c1-15-9-23-27-7-5-24(33)32(23)29-25(15)30-8-6-20-17(13-30)10-19(12-28-20)31-16(2)14-34-22-11-18(26)3-4-21(22)31/h3-5,7,9-12,16H,6,8,13-14H2,1-2H3. The number of benzene rings is 1. The second-order valence-electron chi connectivity index (χ2n) is 8.82. The maximum absolute atomic E-state index is 13.8. The fourth-order valence-electron chi connectivity index (χ4n) is 4.80. The molecule has 34 heavy (non-hydrogen) atoms. The summed E-state index contributed by atoms with van der Waals surface area (Å²) in [7, 11) is 0. The highest BCUT2D eigenvalue weighted by atomic mass is 19.1. The van der Waals surface area contributed by atoms with Crippen LogP contribution in [0.5, 0.6) is 5.75 Å². The summed E-state index contributed by atoms with van der Waals surface area (Å²) in [4.78, 5) is 25.6. The Bertz CT molecular complexity index is 1490. The van der Waals surface area contributed by atoms with Crippen LogP contribution in [-0.2, 0) is 13.0 Å². The van der Waals surface area contributed by atoms with Gasteiger partial charge >= 0.3 is 0 Å². The molecule has 0 saturated heterocycles. The number of hydrogen-bond acceptors (Lipinski definition) is 7. The van der Waals surface area contributed by atoms with Gasteiger partial charge in [0, 0.05) is 43.5 Å². The van der Waals surface area contributed by atoms with E-state index >= 15 is 0 Å². The zero-order chi connectivity index (χ0) is 23.4. The fourth-order valence-corrected chi connectivity index (χ4v) is 4.80. The van der Waals surface area contributed by atoms with Gasteiger partial charge in [0.15, 0.2) is 11.5 Å². The van der Waals surface area contributed by atoms with Gasteiger partial charge < -0.3 is 14.5 Å². The topological polar surface area (TPSA) is 75.9 Å². The summed E-state index contributed by atoms with van der Waals surface area (Å²) in [6.07, 6.45) is 4.16. The minimum atomic E-state index is -0.319. The number of aryl methyl sites for hydroxylation is 1. The monoisotopic (exact) mass is 458 g/mol. The quantitative estimate of drug-likeness (QED) is 0.456. The molecule has 1 unspecified atom stereocenters. The summed E-state index contributed by atoms with van der Waals surface area (Å²) < 4.78 is 20.9. The Morgan fingerprint density at radius 1 is 1.15 bits per heavy atom. The van der Waals surface area contributed by atoms with Crippen molar-refractivity contribution in [3.63, 3.8) is 0 Å². The summed E-state index contributed by atoms with van der Waals surface area (Å²) >= 11 is 0. The van der Waals surface area contributed by atoms with Crippen LogP contribution in [0.2, 0.25) is 0 Å². The van der Waals surface area contributed by atoms with E-state index in [2.05, 4.69) is 32.9 Å². The Morgan fingerprint density at radius 2 is 2.03 bits per heavy atom. The predicted molar refractivity (Wildman–Crippen MR) is 126 cm³/mol. The summed E-state index contributed by atoms with van der Waals surface area (Å²) in [5.41, 5.74) is 5.21. The van der Waals surface area contributed by atoms with Crippen molar-refractivity contribution in [2.75, 3.05) is 23.0 Å². The van der Waals surface area contributed by atoms with Crippen LogP contribution in [0.3, 0.4) is 0 Å². The molecule has 0 amide bonds. The van der Waals surface area contributed by atoms with Gasteiger partial charge in [-0.15, -0.1) is 5.10 Å². The Morgan fingerprint density at radius 3 is 2.91 bits per heavy atom. The molecular weight excluding hydrogens is 435 g/mol. The molecule has 0 bridgehead atoms. The van der Waals surface area contributed by atoms with Gasteiger partial charge in [-0.25, -0.2) is 9.37 Å². The average molecular weight is 458 g/mol. The molecule has 2 aliphatic heterocycles. The summed E-state index contributed by atoms with van der Waals surface area (Å²) in [5.74, 6) is 0.978. The lowest BCUT2D eigenvalue weighted by Crippen LogP contribution is -2.38. The first-order chi connectivity index (χ1) is 16.5. The molecule has 6 rings (SSSR count). The fraction of sp³-hybridized carbons (Fsp3) is 0.280. The molecule has 0 N–H and O–H groups in total. The Kier molecular flexibility index (Phi) is 4.72. The van der Waals surface area contributed by atoms with Gasteiger partial charge in [-0.05, 0) is 49.2 Å². The Balaban J connectivity index is 1.37. The SMILES string of the molecule is Cc1cc2nccc(=O)n2nc1N1CCc2ncc(N3c4ccc(F)cc4OCC3C)cc2C1. The number of aromatic nitrogens is 4. The zero-order valence-corrected chi connectivity index (χ0v) is 18.9. The molecule has 5 heterocycles. The van der Waals surface area contributed by atoms with Crippen LogP contribution in [-0.4, -0.2) is 38.8 Å². The first-order valence-corrected chi connectivity index (χ1v) is 11.3. The highest BCUT2D eigenvalue weighted by Gasteiger charge is 2.28. The molecule has 8 nitrogen and oxygen atoms in total. The lowest BCUT2D eigenvalue weighted by molar-refractivity contribution is 0.277. The minimum absolute atomic E-state index is 0.0706. The maximum atomic E-state index is 13.8. The van der Waals surface area contributed by atoms with Crippen molar-refractivity contribution in [2.45, 2.75) is 32.9 Å². The van der Waals surface area contributed by atoms with Crippen molar-refractivity contribution in [1.82, 2.24) is 19.6 Å². The number of hydrogen-bond donors (Lipinski definition) is 0. The largest absolute Gasteiger partial charge is 0.489 e. The van der Waals surface area contributed by atoms with Crippen LogP contribution in [0, 0.1) is 12.7 Å². The van der Waals surface area contributed by atoms with Crippen LogP contribution in [0.15, 0.2) is 53.6 Å². The predicted octanol–water partition coefficient (Wildman–Crippen LogP) is 3.41. The number of rotatable bonds is 2. The van der Waals surface area contributed by atoms with Crippen LogP contribution in [0.25, 0.3) is 5.65 Å². The third-order valence-electron chi connectivity index (χ3n) is 6.45. The van der Waals surface area contributed by atoms with Crippen molar-refractivity contribution in [3.8, 4) is 5.75 Å². The first kappa shape index (κ1) is 20.6. The van der Waals surface area contributed by atoms with Crippen molar-refractivity contribution in [2.24, 2.45) is 0 Å². The number of ether oxygens (including phenoxy) is 1. The van der Waals surface area contributed by atoms with Gasteiger partial charge in [0.25, 0.3) is 5.56 Å². The molecule has 0 radical (unpaired) electrons. The lowest BCUT2D eigenvalue weighted by atomic mass is 10.0. The zero-order valence-electron chi connectivity index (χ0n) is 18.9. The molecule has 0 saturated carbocycles. The molecule has 1 atom stereocenters. The van der Waals surface area contributed by atoms with E-state index in [-0.39, 0.29) is 17.4 Å². The van der Waals surface area contributed by atoms with Gasteiger partial charge in [-0.2, -0.15) is 4.52 Å². The molecule has 1 aromatic carbocycles. The van der Waals surface area contributed by atoms with Crippen molar-refractivity contribution in [3.05, 3.63) is 81.8 Å². The Hall–Kier alpha value is -4.01. The van der Waals surface area contributed by atoms with Crippen LogP contribution < -0.4 is 20.1 Å². The Labute approximate surface area is 195 Å². The van der Waals surface area contributed by atoms with Crippen LogP contribution >= 0.6 is 0 Å². The normalized spacial score (nSPS) is 17.3. The smallest absolute Gasteiger partial charge is 0.274 e. The summed E-state index contributed by atoms with van der Waals surface area (Å²) in [6, 6.07) is 10.1. The molecule has 4 aromatic rings. The highest BCUT2D eigenvalue weighted by molar-refractivity contribution is 5.71. The molecular formula is C25H23FN6O2. The summed E-state index contributed by atoms with van der Waals surface area (Å²) in [6.45, 7) is 5.90. The van der Waals surface area contributed by atoms with Crippen molar-refractivity contribution in [1.29, 1.82) is 0 Å². The van der Waals surface area contributed by atoms with Gasteiger partial charge in [0.1, 0.15) is 18.2 Å². The molecule has 0 aliphatic carbocycles. The molecule has 2 aliphatic rings. The first-order valence-electron chi connectivity index (χ1n) is 11.3. The van der Waals surface area contributed by atoms with Crippen molar-refractivity contribution >= 4 is 22.8 Å². The highest BCUT2D eigenvalue weighted by Crippen LogP contribution is 2.40. The third-order valence-corrected chi connectivity index (χ3v) is 6.45. The number of halogens is 1. The second kappa shape index (κ2) is 7.79. The molecule has 172 valence electrons. The third kappa shape index (κ3) is 3.35. The van der Waals surface area contributed by atoms with Crippen molar-refractivity contribution < 1.29 is 9.13 Å². The van der Waals surface area contributed by atoms with Gasteiger partial charge in [-0.3, -0.25) is 9.78 Å². The van der Waals surface area contributed by atoms with E-state index < -0.39 is 0 Å². The van der Waals surface area contributed by atoms with Crippen LogP contribution in [0.4, 0.5) is 21.6 Å². The van der Waals surface area contributed by atoms with Gasteiger partial charge in [0.2, 0.25) is 0 Å². The van der Waals surface area contributed by atoms with E-state index in [0.717, 1.165) is 47.0 Å². The van der Waals surface area contributed by atoms with E-state index in [0.29, 0.717) is 24.5 Å². The van der Waals surface area contributed by atoms with E-state index in [1.54, 1.807) is 6.07 Å².